The van der Waals surface area contributed by atoms with Gasteiger partial charge < -0.3 is 14.4 Å². The number of likely N-dealkylation sites (tertiary alicyclic amines) is 2. The highest BCUT2D eigenvalue weighted by Gasteiger charge is 2.49. The van der Waals surface area contributed by atoms with E-state index in [1.165, 1.54) is 5.56 Å². The Morgan fingerprint density at radius 1 is 1.19 bits per heavy atom. The molecule has 1 aromatic rings. The zero-order valence-electron chi connectivity index (χ0n) is 16.3. The summed E-state index contributed by atoms with van der Waals surface area (Å²) in [7, 11) is 2.06. The lowest BCUT2D eigenvalue weighted by Crippen LogP contribution is -2.72. The molecule has 3 aliphatic heterocycles. The number of morpholine rings is 1. The molecule has 0 aliphatic carbocycles. The van der Waals surface area contributed by atoms with Crippen LogP contribution in [-0.2, 0) is 20.9 Å². The number of carbonyl (C=O) groups is 1. The van der Waals surface area contributed by atoms with E-state index in [0.717, 1.165) is 58.7 Å². The van der Waals surface area contributed by atoms with Gasteiger partial charge in [-0.05, 0) is 25.5 Å². The molecule has 0 bridgehead atoms. The van der Waals surface area contributed by atoms with Gasteiger partial charge in [0, 0.05) is 39.3 Å². The fourth-order valence-corrected chi connectivity index (χ4v) is 4.48. The molecule has 1 amide bonds. The molecule has 1 spiro atoms. The van der Waals surface area contributed by atoms with Crippen molar-refractivity contribution in [2.75, 3.05) is 59.5 Å². The first-order valence-corrected chi connectivity index (χ1v) is 10.1. The molecule has 0 N–H and O–H groups in total. The molecule has 1 aromatic carbocycles. The van der Waals surface area contributed by atoms with Gasteiger partial charge in [-0.3, -0.25) is 14.6 Å². The van der Waals surface area contributed by atoms with Crippen molar-refractivity contribution in [3.8, 4) is 0 Å². The van der Waals surface area contributed by atoms with Crippen molar-refractivity contribution in [3.05, 3.63) is 35.9 Å². The van der Waals surface area contributed by atoms with Crippen LogP contribution >= 0.6 is 0 Å². The zero-order valence-corrected chi connectivity index (χ0v) is 16.3. The van der Waals surface area contributed by atoms with Gasteiger partial charge in [-0.2, -0.15) is 0 Å². The van der Waals surface area contributed by atoms with Gasteiger partial charge in [0.15, 0.2) is 0 Å². The second-order valence-electron chi connectivity index (χ2n) is 8.21. The fraction of sp³-hybridized carbons (Fsp3) is 0.667. The first kappa shape index (κ1) is 18.9. The molecule has 3 aliphatic rings. The monoisotopic (exact) mass is 373 g/mol. The molecule has 3 fully saturated rings. The van der Waals surface area contributed by atoms with Gasteiger partial charge in [0.1, 0.15) is 11.6 Å². The lowest BCUT2D eigenvalue weighted by atomic mass is 9.90. The van der Waals surface area contributed by atoms with Crippen LogP contribution in [0.1, 0.15) is 18.4 Å². The van der Waals surface area contributed by atoms with Gasteiger partial charge >= 0.3 is 0 Å². The van der Waals surface area contributed by atoms with Gasteiger partial charge in [0.2, 0.25) is 5.91 Å². The lowest BCUT2D eigenvalue weighted by Gasteiger charge is -2.55. The molecule has 148 valence electrons. The van der Waals surface area contributed by atoms with Crippen molar-refractivity contribution in [1.29, 1.82) is 0 Å². The Kier molecular flexibility index (Phi) is 5.78. The number of amides is 1. The zero-order chi connectivity index (χ0) is 18.7. The summed E-state index contributed by atoms with van der Waals surface area (Å²) in [5.74, 6) is 0.246. The molecule has 0 aromatic heterocycles. The van der Waals surface area contributed by atoms with Crippen molar-refractivity contribution >= 4 is 5.91 Å². The highest BCUT2D eigenvalue weighted by Crippen LogP contribution is 2.31. The van der Waals surface area contributed by atoms with Crippen LogP contribution in [-0.4, -0.2) is 91.8 Å². The summed E-state index contributed by atoms with van der Waals surface area (Å²) in [5.41, 5.74) is 1.11. The predicted molar refractivity (Wildman–Crippen MR) is 103 cm³/mol. The molecule has 4 rings (SSSR count). The standard InChI is InChI=1S/C21H31N3O3/c1-22-15-21(27-14-19(22)20(25)24-9-5-6-10-24)16-23(17-21)11-12-26-13-18-7-3-2-4-8-18/h2-4,7-8,19H,5-6,9-17H2,1H3. The molecule has 3 saturated heterocycles. The van der Waals surface area contributed by atoms with Crippen LogP contribution in [0.2, 0.25) is 0 Å². The molecule has 0 radical (unpaired) electrons. The first-order valence-electron chi connectivity index (χ1n) is 10.1. The highest BCUT2D eigenvalue weighted by atomic mass is 16.5. The average Bonchev–Trinajstić information content (AvgIpc) is 3.19. The van der Waals surface area contributed by atoms with Crippen molar-refractivity contribution in [3.63, 3.8) is 0 Å². The normalized spacial score (nSPS) is 25.7. The summed E-state index contributed by atoms with van der Waals surface area (Å²) in [6, 6.07) is 10.2. The number of nitrogens with zero attached hydrogens (tertiary/aromatic N) is 3. The summed E-state index contributed by atoms with van der Waals surface area (Å²) in [5, 5.41) is 0. The minimum Gasteiger partial charge on any atom is -0.375 e. The average molecular weight is 373 g/mol. The minimum atomic E-state index is -0.114. The minimum absolute atomic E-state index is 0.101. The summed E-state index contributed by atoms with van der Waals surface area (Å²) >= 11 is 0. The SMILES string of the molecule is CN1CC2(CN(CCOCc3ccccc3)C2)OCC1C(=O)N1CCCC1. The number of carbonyl (C=O) groups excluding carboxylic acids is 1. The van der Waals surface area contributed by atoms with E-state index in [9.17, 15) is 4.79 Å². The topological polar surface area (TPSA) is 45.3 Å². The van der Waals surface area contributed by atoms with Crippen LogP contribution in [0.25, 0.3) is 0 Å². The second-order valence-corrected chi connectivity index (χ2v) is 8.21. The Morgan fingerprint density at radius 3 is 2.63 bits per heavy atom. The Balaban J connectivity index is 1.16. The molecule has 6 heteroatoms. The Hall–Kier alpha value is -1.47. The molecular weight excluding hydrogens is 342 g/mol. The van der Waals surface area contributed by atoms with Gasteiger partial charge in [0.25, 0.3) is 0 Å². The predicted octanol–water partition coefficient (Wildman–Crippen LogP) is 1.21. The van der Waals surface area contributed by atoms with Crippen molar-refractivity contribution in [2.24, 2.45) is 0 Å². The largest absolute Gasteiger partial charge is 0.375 e. The summed E-state index contributed by atoms with van der Waals surface area (Å²) in [6.45, 7) is 7.35. The third-order valence-corrected chi connectivity index (χ3v) is 6.01. The molecule has 1 unspecified atom stereocenters. The maximum absolute atomic E-state index is 12.7. The Labute approximate surface area is 162 Å². The van der Waals surface area contributed by atoms with E-state index in [1.54, 1.807) is 0 Å². The molecule has 6 nitrogen and oxygen atoms in total. The number of hydrogen-bond acceptors (Lipinski definition) is 5. The summed E-state index contributed by atoms with van der Waals surface area (Å²) in [6.07, 6.45) is 2.27. The third kappa shape index (κ3) is 4.35. The van der Waals surface area contributed by atoms with Crippen LogP contribution < -0.4 is 0 Å². The summed E-state index contributed by atoms with van der Waals surface area (Å²) < 4.78 is 12.0. The van der Waals surface area contributed by atoms with E-state index in [2.05, 4.69) is 29.0 Å². The van der Waals surface area contributed by atoms with Crippen molar-refractivity contribution in [1.82, 2.24) is 14.7 Å². The highest BCUT2D eigenvalue weighted by molar-refractivity contribution is 5.82. The maximum atomic E-state index is 12.7. The smallest absolute Gasteiger partial charge is 0.242 e. The van der Waals surface area contributed by atoms with Crippen LogP contribution in [0.5, 0.6) is 0 Å². The molecule has 3 heterocycles. The number of rotatable bonds is 6. The van der Waals surface area contributed by atoms with Crippen molar-refractivity contribution < 1.29 is 14.3 Å². The maximum Gasteiger partial charge on any atom is 0.242 e. The van der Waals surface area contributed by atoms with E-state index in [0.29, 0.717) is 13.2 Å². The van der Waals surface area contributed by atoms with E-state index >= 15 is 0 Å². The first-order chi connectivity index (χ1) is 13.2. The van der Waals surface area contributed by atoms with Crippen LogP contribution in [0.15, 0.2) is 30.3 Å². The van der Waals surface area contributed by atoms with Crippen LogP contribution in [0.3, 0.4) is 0 Å². The second kappa shape index (κ2) is 8.27. The van der Waals surface area contributed by atoms with Crippen molar-refractivity contribution in [2.45, 2.75) is 31.1 Å². The van der Waals surface area contributed by atoms with Gasteiger partial charge in [-0.1, -0.05) is 30.3 Å². The molecule has 0 saturated carbocycles. The summed E-state index contributed by atoms with van der Waals surface area (Å²) in [4.78, 5) is 19.2. The lowest BCUT2D eigenvalue weighted by molar-refractivity contribution is -0.201. The molecular formula is C21H31N3O3. The van der Waals surface area contributed by atoms with E-state index in [4.69, 9.17) is 9.47 Å². The quantitative estimate of drug-likeness (QED) is 0.702. The van der Waals surface area contributed by atoms with E-state index in [1.807, 2.05) is 23.1 Å². The van der Waals surface area contributed by atoms with Crippen LogP contribution in [0, 0.1) is 0 Å². The fourth-order valence-electron chi connectivity index (χ4n) is 4.48. The molecule has 1 atom stereocenters. The Bertz CT molecular complexity index is 627. The third-order valence-electron chi connectivity index (χ3n) is 6.01. The molecule has 27 heavy (non-hydrogen) atoms. The Morgan fingerprint density at radius 2 is 1.93 bits per heavy atom. The number of hydrogen-bond donors (Lipinski definition) is 0. The van der Waals surface area contributed by atoms with Gasteiger partial charge in [-0.15, -0.1) is 0 Å². The number of likely N-dealkylation sites (N-methyl/N-ethyl adjacent to an activating group) is 1. The van der Waals surface area contributed by atoms with E-state index < -0.39 is 0 Å². The number of ether oxygens (including phenoxy) is 2. The van der Waals surface area contributed by atoms with Gasteiger partial charge in [-0.25, -0.2) is 0 Å². The van der Waals surface area contributed by atoms with Crippen LogP contribution in [0.4, 0.5) is 0 Å². The van der Waals surface area contributed by atoms with E-state index in [-0.39, 0.29) is 17.6 Å². The number of benzene rings is 1. The van der Waals surface area contributed by atoms with Gasteiger partial charge in [0.05, 0.1) is 19.8 Å².